The summed E-state index contributed by atoms with van der Waals surface area (Å²) in [5, 5.41) is 3.88. The largest absolute Gasteiger partial charge is 0.497 e. The van der Waals surface area contributed by atoms with Crippen LogP contribution in [-0.4, -0.2) is 42.3 Å². The molecule has 2 aliphatic heterocycles. The van der Waals surface area contributed by atoms with E-state index in [9.17, 15) is 4.79 Å². The number of fused-ring (bicyclic) bond motifs is 1. The predicted octanol–water partition coefficient (Wildman–Crippen LogP) is 2.99. The van der Waals surface area contributed by atoms with Crippen molar-refractivity contribution in [1.29, 1.82) is 0 Å². The Balaban J connectivity index is 1.67. The Hall–Kier alpha value is -2.34. The zero-order valence-electron chi connectivity index (χ0n) is 15.2. The van der Waals surface area contributed by atoms with Gasteiger partial charge in [-0.2, -0.15) is 0 Å². The van der Waals surface area contributed by atoms with Crippen LogP contribution in [0.25, 0.3) is 0 Å². The minimum atomic E-state index is -0.0800. The first-order chi connectivity index (χ1) is 12.7. The molecule has 0 radical (unpaired) electrons. The van der Waals surface area contributed by atoms with E-state index in [-0.39, 0.29) is 11.9 Å². The van der Waals surface area contributed by atoms with Gasteiger partial charge < -0.3 is 18.9 Å². The third kappa shape index (κ3) is 3.21. The number of hydrogen-bond donors (Lipinski definition) is 0. The van der Waals surface area contributed by atoms with Crippen molar-refractivity contribution in [2.24, 2.45) is 5.92 Å². The smallest absolute Gasteiger partial charge is 0.293 e. The van der Waals surface area contributed by atoms with Crippen LogP contribution < -0.4 is 4.74 Å². The molecule has 26 heavy (non-hydrogen) atoms. The highest BCUT2D eigenvalue weighted by atomic mass is 16.5. The Kier molecular flexibility index (Phi) is 4.68. The molecule has 1 aromatic carbocycles. The number of hydrogen-bond acceptors (Lipinski definition) is 5. The first-order valence-corrected chi connectivity index (χ1v) is 9.13. The second-order valence-electron chi connectivity index (χ2n) is 7.12. The van der Waals surface area contributed by atoms with Crippen molar-refractivity contribution >= 4 is 5.91 Å². The van der Waals surface area contributed by atoms with Gasteiger partial charge in [-0.3, -0.25) is 4.79 Å². The van der Waals surface area contributed by atoms with Gasteiger partial charge in [-0.15, -0.1) is 0 Å². The van der Waals surface area contributed by atoms with Crippen LogP contribution in [0.2, 0.25) is 0 Å². The lowest BCUT2D eigenvalue weighted by atomic mass is 9.82. The maximum atomic E-state index is 13.1. The summed E-state index contributed by atoms with van der Waals surface area (Å²) in [6.45, 7) is 3.93. The Morgan fingerprint density at radius 2 is 2.04 bits per heavy atom. The zero-order chi connectivity index (χ0) is 18.1. The minimum Gasteiger partial charge on any atom is -0.497 e. The number of carbonyl (C=O) groups excluding carboxylic acids is 1. The zero-order valence-corrected chi connectivity index (χ0v) is 15.2. The maximum Gasteiger partial charge on any atom is 0.293 e. The fourth-order valence-electron chi connectivity index (χ4n) is 4.06. The van der Waals surface area contributed by atoms with E-state index < -0.39 is 0 Å². The molecule has 1 fully saturated rings. The summed E-state index contributed by atoms with van der Waals surface area (Å²) >= 11 is 0. The molecule has 2 aromatic rings. The van der Waals surface area contributed by atoms with Crippen LogP contribution in [0, 0.1) is 12.8 Å². The van der Waals surface area contributed by atoms with Crippen LogP contribution in [0.15, 0.2) is 28.8 Å². The van der Waals surface area contributed by atoms with E-state index >= 15 is 0 Å². The normalized spacial score (nSPS) is 20.7. The first kappa shape index (κ1) is 17.1. The molecule has 138 valence electrons. The third-order valence-electron chi connectivity index (χ3n) is 5.49. The quantitative estimate of drug-likeness (QED) is 0.846. The molecule has 0 bridgehead atoms. The summed E-state index contributed by atoms with van der Waals surface area (Å²) in [5.41, 5.74) is 3.15. The van der Waals surface area contributed by atoms with Crippen LogP contribution in [0.5, 0.6) is 5.75 Å². The summed E-state index contributed by atoms with van der Waals surface area (Å²) in [6, 6.07) is 7.96. The van der Waals surface area contributed by atoms with Gasteiger partial charge in [0.1, 0.15) is 5.75 Å². The Morgan fingerprint density at radius 3 is 2.73 bits per heavy atom. The molecule has 6 nitrogen and oxygen atoms in total. The van der Waals surface area contributed by atoms with Gasteiger partial charge in [-0.25, -0.2) is 0 Å². The molecular formula is C20H24N2O4. The lowest BCUT2D eigenvalue weighted by molar-refractivity contribution is 0.0162. The number of amides is 1. The number of rotatable bonds is 3. The van der Waals surface area contributed by atoms with Gasteiger partial charge in [0.05, 0.1) is 12.8 Å². The van der Waals surface area contributed by atoms with E-state index in [1.807, 2.05) is 17.9 Å². The van der Waals surface area contributed by atoms with E-state index in [4.69, 9.17) is 14.0 Å². The van der Waals surface area contributed by atoms with Gasteiger partial charge in [-0.05, 0) is 55.4 Å². The van der Waals surface area contributed by atoms with Gasteiger partial charge in [0, 0.05) is 31.9 Å². The van der Waals surface area contributed by atoms with Crippen LogP contribution in [0.4, 0.5) is 0 Å². The Morgan fingerprint density at radius 1 is 1.23 bits per heavy atom. The molecule has 1 atom stereocenters. The lowest BCUT2D eigenvalue weighted by Crippen LogP contribution is -2.49. The average Bonchev–Trinajstić information content (AvgIpc) is 3.13. The molecule has 1 amide bonds. The van der Waals surface area contributed by atoms with Gasteiger partial charge >= 0.3 is 0 Å². The fourth-order valence-corrected chi connectivity index (χ4v) is 4.06. The topological polar surface area (TPSA) is 64.8 Å². The average molecular weight is 356 g/mol. The van der Waals surface area contributed by atoms with E-state index in [2.05, 4.69) is 17.3 Å². The van der Waals surface area contributed by atoms with E-state index in [1.165, 1.54) is 11.1 Å². The maximum absolute atomic E-state index is 13.1. The molecule has 3 heterocycles. The number of methoxy groups -OCH3 is 1. The summed E-state index contributed by atoms with van der Waals surface area (Å²) in [7, 11) is 1.68. The molecule has 0 N–H and O–H groups in total. The molecule has 1 saturated heterocycles. The molecule has 1 unspecified atom stereocenters. The number of ether oxygens (including phenoxy) is 2. The van der Waals surface area contributed by atoms with Crippen LogP contribution in [-0.2, 0) is 17.7 Å². The van der Waals surface area contributed by atoms with Crippen molar-refractivity contribution in [2.45, 2.75) is 38.8 Å². The van der Waals surface area contributed by atoms with Crippen molar-refractivity contribution in [3.63, 3.8) is 0 Å². The fraction of sp³-hybridized carbons (Fsp3) is 0.500. The number of aryl methyl sites for hydroxylation is 1. The predicted molar refractivity (Wildman–Crippen MR) is 95.1 cm³/mol. The first-order valence-electron chi connectivity index (χ1n) is 9.13. The second-order valence-corrected chi connectivity index (χ2v) is 7.12. The molecule has 0 spiro atoms. The number of nitrogens with zero attached hydrogens (tertiary/aromatic N) is 2. The standard InChI is InChI=1S/C20H24N2O4/c1-13-9-19(26-21-13)20(23)22-12-15-3-4-17(24-2)10-16(15)11-18(22)14-5-7-25-8-6-14/h3-4,9-10,14,18H,5-8,11-12H2,1-2H3. The van der Waals surface area contributed by atoms with Crippen LogP contribution in [0.1, 0.15) is 40.2 Å². The highest BCUT2D eigenvalue weighted by molar-refractivity contribution is 5.92. The molecule has 4 rings (SSSR count). The summed E-state index contributed by atoms with van der Waals surface area (Å²) in [5.74, 6) is 1.52. The van der Waals surface area contributed by atoms with E-state index in [0.29, 0.717) is 18.2 Å². The number of benzene rings is 1. The monoisotopic (exact) mass is 356 g/mol. The minimum absolute atomic E-state index is 0.0800. The van der Waals surface area contributed by atoms with Crippen LogP contribution >= 0.6 is 0 Å². The number of carbonyl (C=O) groups is 1. The highest BCUT2D eigenvalue weighted by Crippen LogP contribution is 2.34. The summed E-state index contributed by atoms with van der Waals surface area (Å²) < 4.78 is 16.2. The van der Waals surface area contributed by atoms with Crippen molar-refractivity contribution in [3.8, 4) is 5.75 Å². The van der Waals surface area contributed by atoms with E-state index in [1.54, 1.807) is 13.2 Å². The highest BCUT2D eigenvalue weighted by Gasteiger charge is 2.37. The summed E-state index contributed by atoms with van der Waals surface area (Å²) in [6.07, 6.45) is 2.78. The molecule has 6 heteroatoms. The second kappa shape index (κ2) is 7.11. The van der Waals surface area contributed by atoms with Crippen molar-refractivity contribution in [3.05, 3.63) is 46.8 Å². The van der Waals surface area contributed by atoms with Crippen molar-refractivity contribution in [2.75, 3.05) is 20.3 Å². The van der Waals surface area contributed by atoms with Gasteiger partial charge in [0.25, 0.3) is 5.91 Å². The van der Waals surface area contributed by atoms with Crippen molar-refractivity contribution < 1.29 is 18.8 Å². The SMILES string of the molecule is COc1ccc2c(c1)CC(C1CCOCC1)N(C(=O)c1cc(C)no1)C2. The van der Waals surface area contributed by atoms with Gasteiger partial charge in [0.15, 0.2) is 0 Å². The van der Waals surface area contributed by atoms with E-state index in [0.717, 1.165) is 43.9 Å². The van der Waals surface area contributed by atoms with Crippen LogP contribution in [0.3, 0.4) is 0 Å². The molecule has 2 aliphatic rings. The van der Waals surface area contributed by atoms with Gasteiger partial charge in [0.2, 0.25) is 5.76 Å². The summed E-state index contributed by atoms with van der Waals surface area (Å²) in [4.78, 5) is 15.1. The van der Waals surface area contributed by atoms with Crippen molar-refractivity contribution in [1.82, 2.24) is 10.1 Å². The third-order valence-corrected chi connectivity index (χ3v) is 5.49. The Labute approximate surface area is 153 Å². The number of aromatic nitrogens is 1. The van der Waals surface area contributed by atoms with Gasteiger partial charge in [-0.1, -0.05) is 11.2 Å². The lowest BCUT2D eigenvalue weighted by Gasteiger charge is -2.42. The molecule has 0 aliphatic carbocycles. The molecule has 1 aromatic heterocycles. The Bertz CT molecular complexity index is 795. The molecule has 0 saturated carbocycles. The molecular weight excluding hydrogens is 332 g/mol.